The van der Waals surface area contributed by atoms with Crippen molar-refractivity contribution >= 4 is 29.9 Å². The van der Waals surface area contributed by atoms with Crippen LogP contribution in [0.25, 0.3) is 0 Å². The van der Waals surface area contributed by atoms with E-state index in [1.807, 2.05) is 0 Å². The van der Waals surface area contributed by atoms with Crippen molar-refractivity contribution in [3.8, 4) is 0 Å². The summed E-state index contributed by atoms with van der Waals surface area (Å²) in [5, 5.41) is 14.8. The molecule has 148 valence electrons. The first-order valence-corrected chi connectivity index (χ1v) is 8.62. The maximum absolute atomic E-state index is 12.5. The van der Waals surface area contributed by atoms with Crippen molar-refractivity contribution in [1.82, 2.24) is 30.3 Å². The van der Waals surface area contributed by atoms with Crippen LogP contribution in [0.3, 0.4) is 0 Å². The molecule has 0 aliphatic carbocycles. The Labute approximate surface area is 167 Å². The zero-order valence-electron chi connectivity index (χ0n) is 14.7. The zero-order chi connectivity index (χ0) is 17.9. The van der Waals surface area contributed by atoms with Crippen molar-refractivity contribution in [2.75, 3.05) is 26.7 Å². The van der Waals surface area contributed by atoms with E-state index in [1.165, 1.54) is 4.90 Å². The largest absolute Gasteiger partial charge is 0.401 e. The van der Waals surface area contributed by atoms with Crippen molar-refractivity contribution in [2.24, 2.45) is 4.99 Å². The van der Waals surface area contributed by atoms with Crippen molar-refractivity contribution < 1.29 is 13.2 Å². The SMILES string of the molecule is CN=C(NCc1nnc2n1CCCC2)NC1CCN(CC(F)(F)F)C1.I. The summed E-state index contributed by atoms with van der Waals surface area (Å²) in [7, 11) is 1.65. The van der Waals surface area contributed by atoms with Crippen molar-refractivity contribution in [3.05, 3.63) is 11.6 Å². The lowest BCUT2D eigenvalue weighted by Crippen LogP contribution is -2.45. The normalized spacial score (nSPS) is 21.2. The number of alkyl halides is 3. The van der Waals surface area contributed by atoms with Gasteiger partial charge in [-0.3, -0.25) is 9.89 Å². The van der Waals surface area contributed by atoms with Crippen LogP contribution in [0.1, 0.15) is 30.9 Å². The Morgan fingerprint density at radius 2 is 2.08 bits per heavy atom. The van der Waals surface area contributed by atoms with Crippen LogP contribution in [0.15, 0.2) is 4.99 Å². The molecule has 0 spiro atoms. The third kappa shape index (κ3) is 5.69. The summed E-state index contributed by atoms with van der Waals surface area (Å²) in [5.41, 5.74) is 0. The second-order valence-corrected chi connectivity index (χ2v) is 6.55. The van der Waals surface area contributed by atoms with Gasteiger partial charge in [-0.15, -0.1) is 34.2 Å². The molecule has 7 nitrogen and oxygen atoms in total. The smallest absolute Gasteiger partial charge is 0.352 e. The van der Waals surface area contributed by atoms with E-state index in [2.05, 4.69) is 30.4 Å². The van der Waals surface area contributed by atoms with Crippen LogP contribution in [0.4, 0.5) is 13.2 Å². The van der Waals surface area contributed by atoms with Gasteiger partial charge in [-0.2, -0.15) is 13.2 Å². The van der Waals surface area contributed by atoms with Gasteiger partial charge in [-0.1, -0.05) is 0 Å². The molecule has 2 aliphatic rings. The molecule has 26 heavy (non-hydrogen) atoms. The molecule has 0 aromatic carbocycles. The number of rotatable bonds is 4. The average Bonchev–Trinajstić information content (AvgIpc) is 3.16. The molecule has 1 unspecified atom stereocenters. The minimum absolute atomic E-state index is 0. The first kappa shape index (κ1) is 21.2. The molecule has 1 aromatic heterocycles. The Morgan fingerprint density at radius 1 is 1.27 bits per heavy atom. The Hall–Kier alpha value is -1.11. The van der Waals surface area contributed by atoms with E-state index < -0.39 is 12.7 Å². The molecule has 0 saturated carbocycles. The van der Waals surface area contributed by atoms with Gasteiger partial charge >= 0.3 is 6.18 Å². The molecule has 2 N–H and O–H groups in total. The number of guanidine groups is 1. The van der Waals surface area contributed by atoms with Crippen LogP contribution in [0.5, 0.6) is 0 Å². The summed E-state index contributed by atoms with van der Waals surface area (Å²) in [6.45, 7) is 1.36. The molecule has 1 fully saturated rings. The van der Waals surface area contributed by atoms with Crippen LogP contribution < -0.4 is 10.6 Å². The maximum atomic E-state index is 12.5. The minimum atomic E-state index is -4.15. The van der Waals surface area contributed by atoms with E-state index in [-0.39, 0.29) is 30.0 Å². The summed E-state index contributed by atoms with van der Waals surface area (Å²) in [4.78, 5) is 5.58. The third-order valence-corrected chi connectivity index (χ3v) is 4.59. The number of aryl methyl sites for hydroxylation is 1. The van der Waals surface area contributed by atoms with Gasteiger partial charge in [0, 0.05) is 39.1 Å². The fraction of sp³-hybridized carbons (Fsp3) is 0.800. The highest BCUT2D eigenvalue weighted by molar-refractivity contribution is 14.0. The second-order valence-electron chi connectivity index (χ2n) is 6.55. The summed E-state index contributed by atoms with van der Waals surface area (Å²) < 4.78 is 39.5. The lowest BCUT2D eigenvalue weighted by Gasteiger charge is -2.20. The summed E-state index contributed by atoms with van der Waals surface area (Å²) in [5.74, 6) is 2.46. The first-order chi connectivity index (χ1) is 11.9. The molecule has 0 radical (unpaired) electrons. The fourth-order valence-electron chi connectivity index (χ4n) is 3.40. The van der Waals surface area contributed by atoms with Crippen molar-refractivity contribution in [2.45, 2.75) is 51.0 Å². The van der Waals surface area contributed by atoms with Crippen LogP contribution >= 0.6 is 24.0 Å². The summed E-state index contributed by atoms with van der Waals surface area (Å²) in [6.07, 6.45) is -0.261. The number of hydrogen-bond acceptors (Lipinski definition) is 4. The van der Waals surface area contributed by atoms with Crippen LogP contribution in [0.2, 0.25) is 0 Å². The number of hydrogen-bond donors (Lipinski definition) is 2. The maximum Gasteiger partial charge on any atom is 0.401 e. The highest BCUT2D eigenvalue weighted by atomic mass is 127. The molecular formula is C15H25F3IN7. The Morgan fingerprint density at radius 3 is 2.81 bits per heavy atom. The quantitative estimate of drug-likeness (QED) is 0.383. The van der Waals surface area contributed by atoms with Gasteiger partial charge in [0.2, 0.25) is 0 Å². The van der Waals surface area contributed by atoms with Gasteiger partial charge in [0.25, 0.3) is 0 Å². The molecule has 0 bridgehead atoms. The predicted molar refractivity (Wildman–Crippen MR) is 103 cm³/mol. The highest BCUT2D eigenvalue weighted by Gasteiger charge is 2.34. The van der Waals surface area contributed by atoms with Gasteiger partial charge in [0.05, 0.1) is 13.1 Å². The summed E-state index contributed by atoms with van der Waals surface area (Å²) in [6, 6.07) is -0.0409. The lowest BCUT2D eigenvalue weighted by atomic mass is 10.2. The molecule has 1 atom stereocenters. The third-order valence-electron chi connectivity index (χ3n) is 4.59. The Balaban J connectivity index is 0.00000243. The van der Waals surface area contributed by atoms with Crippen molar-refractivity contribution in [3.63, 3.8) is 0 Å². The second kappa shape index (κ2) is 9.20. The topological polar surface area (TPSA) is 70.4 Å². The Bertz CT molecular complexity index is 617. The molecule has 2 aliphatic heterocycles. The molecule has 3 heterocycles. The van der Waals surface area contributed by atoms with Gasteiger partial charge in [0.15, 0.2) is 11.8 Å². The molecule has 11 heteroatoms. The number of likely N-dealkylation sites (tertiary alicyclic amines) is 1. The number of nitrogens with zero attached hydrogens (tertiary/aromatic N) is 5. The lowest BCUT2D eigenvalue weighted by molar-refractivity contribution is -0.143. The van der Waals surface area contributed by atoms with Crippen molar-refractivity contribution in [1.29, 1.82) is 0 Å². The summed E-state index contributed by atoms with van der Waals surface area (Å²) >= 11 is 0. The van der Waals surface area contributed by atoms with E-state index in [9.17, 15) is 13.2 Å². The van der Waals surface area contributed by atoms with E-state index >= 15 is 0 Å². The standard InChI is InChI=1S/C15H24F3N7.HI/c1-19-14(21-11-5-7-24(9-11)10-15(16,17)18)20-8-13-23-22-12-4-2-3-6-25(12)13;/h11H,2-10H2,1H3,(H2,19,20,21);1H. The van der Waals surface area contributed by atoms with Crippen LogP contribution in [0, 0.1) is 0 Å². The molecule has 3 rings (SSSR count). The van der Waals surface area contributed by atoms with Crippen LogP contribution in [-0.4, -0.2) is 64.5 Å². The predicted octanol–water partition coefficient (Wildman–Crippen LogP) is 1.53. The minimum Gasteiger partial charge on any atom is -0.352 e. The van der Waals surface area contributed by atoms with E-state index in [1.54, 1.807) is 7.05 Å². The first-order valence-electron chi connectivity index (χ1n) is 8.62. The van der Waals surface area contributed by atoms with Gasteiger partial charge in [0.1, 0.15) is 5.82 Å². The van der Waals surface area contributed by atoms with Gasteiger partial charge in [-0.05, 0) is 19.3 Å². The van der Waals surface area contributed by atoms with E-state index in [0.717, 1.165) is 37.5 Å². The number of aromatic nitrogens is 3. The highest BCUT2D eigenvalue weighted by Crippen LogP contribution is 2.20. The number of aliphatic imine (C=N–C) groups is 1. The molecule has 0 amide bonds. The van der Waals surface area contributed by atoms with E-state index in [0.29, 0.717) is 32.0 Å². The molecular weight excluding hydrogens is 462 g/mol. The van der Waals surface area contributed by atoms with Crippen LogP contribution in [-0.2, 0) is 19.5 Å². The fourth-order valence-corrected chi connectivity index (χ4v) is 3.40. The number of halogens is 4. The average molecular weight is 487 g/mol. The molecule has 1 saturated heterocycles. The number of fused-ring (bicyclic) bond motifs is 1. The zero-order valence-corrected chi connectivity index (χ0v) is 17.0. The van der Waals surface area contributed by atoms with Gasteiger partial charge in [-0.25, -0.2) is 0 Å². The van der Waals surface area contributed by atoms with E-state index in [4.69, 9.17) is 0 Å². The monoisotopic (exact) mass is 487 g/mol. The molecule has 1 aromatic rings. The van der Waals surface area contributed by atoms with Gasteiger partial charge < -0.3 is 15.2 Å². The Kier molecular flexibility index (Phi) is 7.50. The number of nitrogens with one attached hydrogen (secondary N) is 2.